The molecule has 0 aliphatic rings. The number of anilines is 1. The second-order valence-electron chi connectivity index (χ2n) is 3.68. The lowest BCUT2D eigenvalue weighted by Crippen LogP contribution is -2.18. The summed E-state index contributed by atoms with van der Waals surface area (Å²) in [5, 5.41) is 3.30. The van der Waals surface area contributed by atoms with E-state index in [0.29, 0.717) is 11.7 Å². The molecule has 1 aromatic rings. The van der Waals surface area contributed by atoms with Crippen molar-refractivity contribution in [3.05, 3.63) is 18.1 Å². The van der Waals surface area contributed by atoms with Crippen LogP contribution in [0.15, 0.2) is 12.4 Å². The molecule has 4 nitrogen and oxygen atoms in total. The fourth-order valence-corrected chi connectivity index (χ4v) is 2.17. The first-order chi connectivity index (χ1) is 8.13. The lowest BCUT2D eigenvalue weighted by Gasteiger charge is -2.13. The van der Waals surface area contributed by atoms with Crippen LogP contribution in [0.5, 0.6) is 0 Å². The molecule has 0 aliphatic heterocycles. The summed E-state index contributed by atoms with van der Waals surface area (Å²) in [5.41, 5.74) is 6.01. The Labute approximate surface area is 112 Å². The normalized spacial score (nSPS) is 12.1. The van der Waals surface area contributed by atoms with Gasteiger partial charge in [0.15, 0.2) is 0 Å². The van der Waals surface area contributed by atoms with Crippen molar-refractivity contribution in [3.8, 4) is 0 Å². The van der Waals surface area contributed by atoms with Crippen molar-refractivity contribution in [3.63, 3.8) is 0 Å². The largest absolute Gasteiger partial charge is 0.388 e. The summed E-state index contributed by atoms with van der Waals surface area (Å²) < 4.78 is 0. The van der Waals surface area contributed by atoms with Gasteiger partial charge >= 0.3 is 0 Å². The van der Waals surface area contributed by atoms with Crippen molar-refractivity contribution in [2.45, 2.75) is 26.3 Å². The number of rotatable bonds is 7. The second-order valence-corrected chi connectivity index (χ2v) is 5.52. The van der Waals surface area contributed by atoms with Crippen molar-refractivity contribution in [1.29, 1.82) is 0 Å². The number of thioether (sulfide) groups is 1. The van der Waals surface area contributed by atoms with Crippen LogP contribution in [-0.4, -0.2) is 32.5 Å². The topological polar surface area (TPSA) is 63.8 Å². The third-order valence-corrected chi connectivity index (χ3v) is 3.34. The number of nitrogens with one attached hydrogen (secondary N) is 1. The molecule has 0 radical (unpaired) electrons. The Hall–Kier alpha value is -0.880. The van der Waals surface area contributed by atoms with E-state index in [-0.39, 0.29) is 4.99 Å². The first-order valence-corrected chi connectivity index (χ1v) is 7.16. The van der Waals surface area contributed by atoms with E-state index in [1.165, 1.54) is 0 Å². The van der Waals surface area contributed by atoms with Gasteiger partial charge in [-0.3, -0.25) is 0 Å². The van der Waals surface area contributed by atoms with E-state index < -0.39 is 0 Å². The summed E-state index contributed by atoms with van der Waals surface area (Å²) in [5.74, 6) is 3.08. The van der Waals surface area contributed by atoms with Gasteiger partial charge in [0.25, 0.3) is 0 Å². The maximum Gasteiger partial charge on any atom is 0.144 e. The first-order valence-electron chi connectivity index (χ1n) is 5.59. The van der Waals surface area contributed by atoms with E-state index in [1.807, 2.05) is 11.8 Å². The molecule has 0 bridgehead atoms. The van der Waals surface area contributed by atoms with Crippen LogP contribution in [0.1, 0.15) is 26.0 Å². The fourth-order valence-electron chi connectivity index (χ4n) is 1.26. The summed E-state index contributed by atoms with van der Waals surface area (Å²) in [6, 6.07) is 0.388. The van der Waals surface area contributed by atoms with Gasteiger partial charge in [0.1, 0.15) is 16.5 Å². The molecular weight excluding hydrogens is 252 g/mol. The average Bonchev–Trinajstić information content (AvgIpc) is 2.30. The summed E-state index contributed by atoms with van der Waals surface area (Å²) in [7, 11) is 0. The summed E-state index contributed by atoms with van der Waals surface area (Å²) in [6.45, 7) is 4.31. The van der Waals surface area contributed by atoms with Crippen LogP contribution >= 0.6 is 24.0 Å². The minimum atomic E-state index is 0.274. The van der Waals surface area contributed by atoms with E-state index >= 15 is 0 Å². The van der Waals surface area contributed by atoms with Gasteiger partial charge in [0.05, 0.1) is 12.4 Å². The van der Waals surface area contributed by atoms with Crippen LogP contribution in [0, 0.1) is 0 Å². The van der Waals surface area contributed by atoms with Gasteiger partial charge in [-0.25, -0.2) is 9.97 Å². The highest BCUT2D eigenvalue weighted by molar-refractivity contribution is 7.99. The quantitative estimate of drug-likeness (QED) is 0.584. The van der Waals surface area contributed by atoms with Crippen molar-refractivity contribution < 1.29 is 0 Å². The fraction of sp³-hybridized carbons (Fsp3) is 0.545. The Morgan fingerprint density at radius 2 is 2.29 bits per heavy atom. The smallest absolute Gasteiger partial charge is 0.144 e. The van der Waals surface area contributed by atoms with Crippen LogP contribution in [0.3, 0.4) is 0 Å². The van der Waals surface area contributed by atoms with Crippen LogP contribution < -0.4 is 11.1 Å². The molecule has 3 N–H and O–H groups in total. The van der Waals surface area contributed by atoms with E-state index in [0.717, 1.165) is 23.7 Å². The van der Waals surface area contributed by atoms with Crippen molar-refractivity contribution in [2.24, 2.45) is 5.73 Å². The molecular formula is C11H18N4S2. The zero-order chi connectivity index (χ0) is 12.7. The maximum absolute atomic E-state index is 5.45. The monoisotopic (exact) mass is 270 g/mol. The van der Waals surface area contributed by atoms with Crippen molar-refractivity contribution in [1.82, 2.24) is 9.97 Å². The molecule has 0 saturated carbocycles. The SMILES string of the molecule is CCSCCC(C)Nc1cnc(C(N)=S)cn1. The first kappa shape index (κ1) is 14.2. The minimum absolute atomic E-state index is 0.274. The number of hydrogen-bond donors (Lipinski definition) is 2. The summed E-state index contributed by atoms with van der Waals surface area (Å²) in [4.78, 5) is 8.63. The van der Waals surface area contributed by atoms with Crippen LogP contribution in [0.2, 0.25) is 0 Å². The number of nitrogens with zero attached hydrogens (tertiary/aromatic N) is 2. The van der Waals surface area contributed by atoms with Crippen molar-refractivity contribution in [2.75, 3.05) is 16.8 Å². The van der Waals surface area contributed by atoms with Crippen LogP contribution in [-0.2, 0) is 0 Å². The molecule has 0 amide bonds. The predicted octanol–water partition coefficient (Wildman–Crippen LogP) is 2.05. The molecule has 1 heterocycles. The lowest BCUT2D eigenvalue weighted by atomic mass is 10.2. The molecule has 1 atom stereocenters. The molecule has 0 fully saturated rings. The molecule has 1 aromatic heterocycles. The third-order valence-electron chi connectivity index (χ3n) is 2.20. The predicted molar refractivity (Wildman–Crippen MR) is 78.6 cm³/mol. The van der Waals surface area contributed by atoms with Crippen molar-refractivity contribution >= 4 is 34.8 Å². The van der Waals surface area contributed by atoms with Gasteiger partial charge in [0.2, 0.25) is 0 Å². The van der Waals surface area contributed by atoms with Gasteiger partial charge in [-0.05, 0) is 24.9 Å². The summed E-state index contributed by atoms with van der Waals surface area (Å²) in [6.07, 6.45) is 4.37. The average molecular weight is 270 g/mol. The zero-order valence-corrected chi connectivity index (χ0v) is 11.8. The van der Waals surface area contributed by atoms with Crippen LogP contribution in [0.4, 0.5) is 5.82 Å². The zero-order valence-electron chi connectivity index (χ0n) is 10.1. The van der Waals surface area contributed by atoms with E-state index in [2.05, 4.69) is 29.1 Å². The number of nitrogens with two attached hydrogens (primary N) is 1. The molecule has 0 spiro atoms. The van der Waals surface area contributed by atoms with Gasteiger partial charge in [-0.15, -0.1) is 0 Å². The van der Waals surface area contributed by atoms with Crippen LogP contribution in [0.25, 0.3) is 0 Å². The molecule has 0 saturated heterocycles. The minimum Gasteiger partial charge on any atom is -0.388 e. The second kappa shape index (κ2) is 7.45. The molecule has 6 heteroatoms. The highest BCUT2D eigenvalue weighted by atomic mass is 32.2. The van der Waals surface area contributed by atoms with Gasteiger partial charge < -0.3 is 11.1 Å². The molecule has 1 rings (SSSR count). The summed E-state index contributed by atoms with van der Waals surface area (Å²) >= 11 is 6.76. The molecule has 1 unspecified atom stereocenters. The number of hydrogen-bond acceptors (Lipinski definition) is 5. The lowest BCUT2D eigenvalue weighted by molar-refractivity contribution is 0.765. The molecule has 94 valence electrons. The molecule has 17 heavy (non-hydrogen) atoms. The third kappa shape index (κ3) is 5.32. The highest BCUT2D eigenvalue weighted by Crippen LogP contribution is 2.08. The Kier molecular flexibility index (Phi) is 6.21. The standard InChI is InChI=1S/C11H18N4S2/c1-3-17-5-4-8(2)15-10-7-13-9(6-14-10)11(12)16/h6-8H,3-5H2,1-2H3,(H2,12,16)(H,14,15). The Balaban J connectivity index is 2.43. The Morgan fingerprint density at radius 3 is 2.82 bits per heavy atom. The van der Waals surface area contributed by atoms with Gasteiger partial charge in [0, 0.05) is 6.04 Å². The highest BCUT2D eigenvalue weighted by Gasteiger charge is 2.04. The number of thiocarbonyl (C=S) groups is 1. The Bertz CT molecular complexity index is 353. The Morgan fingerprint density at radius 1 is 1.53 bits per heavy atom. The van der Waals surface area contributed by atoms with Gasteiger partial charge in [-0.1, -0.05) is 19.1 Å². The van der Waals surface area contributed by atoms with Gasteiger partial charge in [-0.2, -0.15) is 11.8 Å². The number of aromatic nitrogens is 2. The van der Waals surface area contributed by atoms with E-state index in [1.54, 1.807) is 12.4 Å². The molecule has 0 aromatic carbocycles. The maximum atomic E-state index is 5.45. The molecule has 0 aliphatic carbocycles. The van der Waals surface area contributed by atoms with E-state index in [9.17, 15) is 0 Å². The van der Waals surface area contributed by atoms with E-state index in [4.69, 9.17) is 18.0 Å².